The predicted octanol–water partition coefficient (Wildman–Crippen LogP) is 0.895. The second kappa shape index (κ2) is 6.88. The van der Waals surface area contributed by atoms with E-state index in [-0.39, 0.29) is 36.3 Å². The number of oxazole rings is 1. The van der Waals surface area contributed by atoms with Crippen molar-refractivity contribution >= 4 is 17.0 Å². The Morgan fingerprint density at radius 2 is 2.16 bits per heavy atom. The zero-order valence-electron chi connectivity index (χ0n) is 17.3. The summed E-state index contributed by atoms with van der Waals surface area (Å²) in [6.45, 7) is 3.31. The molecule has 9 nitrogen and oxygen atoms in total. The number of morpholine rings is 1. The van der Waals surface area contributed by atoms with Crippen LogP contribution < -0.4 is 0 Å². The molecule has 0 radical (unpaired) electrons. The first kappa shape index (κ1) is 19.0. The van der Waals surface area contributed by atoms with Gasteiger partial charge in [-0.1, -0.05) is 12.1 Å². The van der Waals surface area contributed by atoms with Gasteiger partial charge in [0.05, 0.1) is 18.8 Å². The van der Waals surface area contributed by atoms with Crippen molar-refractivity contribution < 1.29 is 19.1 Å². The van der Waals surface area contributed by atoms with Crippen molar-refractivity contribution in [2.75, 3.05) is 32.8 Å². The zero-order chi connectivity index (χ0) is 21.2. The van der Waals surface area contributed by atoms with Gasteiger partial charge in [-0.3, -0.25) is 14.4 Å². The Morgan fingerprint density at radius 3 is 2.94 bits per heavy atom. The van der Waals surface area contributed by atoms with E-state index < -0.39 is 5.60 Å². The van der Waals surface area contributed by atoms with E-state index in [2.05, 4.69) is 15.0 Å². The number of benzene rings is 1. The van der Waals surface area contributed by atoms with Crippen molar-refractivity contribution in [3.63, 3.8) is 0 Å². The first-order chi connectivity index (χ1) is 15.0. The highest BCUT2D eigenvalue weighted by Gasteiger charge is 2.62. The summed E-state index contributed by atoms with van der Waals surface area (Å²) in [5.74, 6) is 0.0917. The Morgan fingerprint density at radius 1 is 1.29 bits per heavy atom. The second-order valence-corrected chi connectivity index (χ2v) is 9.04. The number of aliphatic hydroxyl groups excluding tert-OH is 1. The van der Waals surface area contributed by atoms with Gasteiger partial charge in [0.25, 0.3) is 5.89 Å². The third-order valence-corrected chi connectivity index (χ3v) is 7.00. The number of hydrogen-bond donors (Lipinski definition) is 1. The average molecular weight is 423 g/mol. The maximum absolute atomic E-state index is 13.3. The van der Waals surface area contributed by atoms with E-state index in [4.69, 9.17) is 9.15 Å². The summed E-state index contributed by atoms with van der Waals surface area (Å²) in [6.07, 6.45) is 3.73. The van der Waals surface area contributed by atoms with E-state index in [0.29, 0.717) is 24.2 Å². The minimum Gasteiger partial charge on any atom is -0.432 e. The van der Waals surface area contributed by atoms with Crippen LogP contribution in [0.2, 0.25) is 0 Å². The molecule has 2 aromatic heterocycles. The van der Waals surface area contributed by atoms with Gasteiger partial charge in [-0.25, -0.2) is 4.98 Å². The maximum Gasteiger partial charge on any atom is 0.309 e. The minimum absolute atomic E-state index is 0.0142. The van der Waals surface area contributed by atoms with Gasteiger partial charge in [-0.05, 0) is 12.1 Å². The van der Waals surface area contributed by atoms with Crippen LogP contribution in [0.15, 0.2) is 41.1 Å². The largest absolute Gasteiger partial charge is 0.432 e. The number of rotatable bonds is 4. The molecule has 0 saturated carbocycles. The molecule has 2 bridgehead atoms. The van der Waals surface area contributed by atoms with E-state index >= 15 is 0 Å². The van der Waals surface area contributed by atoms with Gasteiger partial charge < -0.3 is 19.2 Å². The Bertz CT molecular complexity index is 1110. The molecule has 3 saturated heterocycles. The molecule has 3 fully saturated rings. The van der Waals surface area contributed by atoms with Gasteiger partial charge in [0.2, 0.25) is 0 Å². The number of fused-ring (bicyclic) bond motifs is 2. The summed E-state index contributed by atoms with van der Waals surface area (Å²) >= 11 is 0. The molecule has 1 N–H and O–H groups in total. The van der Waals surface area contributed by atoms with Crippen LogP contribution in [-0.4, -0.2) is 80.1 Å². The van der Waals surface area contributed by atoms with Gasteiger partial charge in [0, 0.05) is 63.4 Å². The quantitative estimate of drug-likeness (QED) is 0.666. The molecule has 3 aromatic rings. The lowest BCUT2D eigenvalue weighted by molar-refractivity contribution is -0.108. The predicted molar refractivity (Wildman–Crippen MR) is 110 cm³/mol. The van der Waals surface area contributed by atoms with E-state index in [1.807, 2.05) is 43.7 Å². The highest BCUT2D eigenvalue weighted by Crippen LogP contribution is 2.49. The fourth-order valence-electron chi connectivity index (χ4n) is 5.72. The van der Waals surface area contributed by atoms with Crippen molar-refractivity contribution in [1.82, 2.24) is 24.6 Å². The van der Waals surface area contributed by atoms with Gasteiger partial charge in [0.1, 0.15) is 11.1 Å². The third kappa shape index (κ3) is 2.99. The highest BCUT2D eigenvalue weighted by molar-refractivity contribution is 5.92. The van der Waals surface area contributed by atoms with Crippen LogP contribution >= 0.6 is 0 Å². The molecular weight excluding hydrogens is 398 g/mol. The lowest BCUT2D eigenvalue weighted by atomic mass is 9.83. The smallest absolute Gasteiger partial charge is 0.309 e. The van der Waals surface area contributed by atoms with Gasteiger partial charge >= 0.3 is 5.91 Å². The van der Waals surface area contributed by atoms with E-state index in [1.165, 1.54) is 0 Å². The number of aliphatic hydroxyl groups is 1. The average Bonchev–Trinajstić information content (AvgIpc) is 3.49. The van der Waals surface area contributed by atoms with Crippen LogP contribution in [0.1, 0.15) is 16.2 Å². The summed E-state index contributed by atoms with van der Waals surface area (Å²) in [5, 5.41) is 14.4. The van der Waals surface area contributed by atoms with E-state index in [0.717, 1.165) is 25.2 Å². The molecule has 6 rings (SSSR count). The van der Waals surface area contributed by atoms with Crippen molar-refractivity contribution in [2.45, 2.75) is 18.2 Å². The molecule has 4 atom stereocenters. The molecule has 3 aliphatic heterocycles. The number of aryl methyl sites for hydroxylation is 1. The van der Waals surface area contributed by atoms with E-state index in [9.17, 15) is 9.90 Å². The maximum atomic E-state index is 13.3. The molecule has 31 heavy (non-hydrogen) atoms. The summed E-state index contributed by atoms with van der Waals surface area (Å²) in [5.41, 5.74) is 1.95. The molecule has 1 aromatic carbocycles. The van der Waals surface area contributed by atoms with Crippen LogP contribution in [0.5, 0.6) is 0 Å². The molecule has 1 spiro atoms. The van der Waals surface area contributed by atoms with Crippen molar-refractivity contribution in [2.24, 2.45) is 18.9 Å². The summed E-state index contributed by atoms with van der Waals surface area (Å²) in [7, 11) is 1.91. The van der Waals surface area contributed by atoms with Crippen LogP contribution in [0, 0.1) is 11.8 Å². The Hall–Kier alpha value is -2.75. The SMILES string of the molecule is Cn1cc(CN2C[C@@H]3[C@H](CO)[C@H]4CN(C(=O)c5nc6ccccc6o5)C[C@]3(C2)O4)cn1. The number of amides is 1. The first-order valence-electron chi connectivity index (χ1n) is 10.7. The molecule has 5 heterocycles. The summed E-state index contributed by atoms with van der Waals surface area (Å²) in [6, 6.07) is 7.38. The number of para-hydroxylation sites is 2. The topological polar surface area (TPSA) is 96.9 Å². The minimum atomic E-state index is -0.472. The highest BCUT2D eigenvalue weighted by atomic mass is 16.5. The molecule has 162 valence electrons. The number of aromatic nitrogens is 3. The van der Waals surface area contributed by atoms with Gasteiger partial charge in [-0.15, -0.1) is 0 Å². The van der Waals surface area contributed by atoms with Crippen LogP contribution in [0.25, 0.3) is 11.1 Å². The van der Waals surface area contributed by atoms with Gasteiger partial charge in [0.15, 0.2) is 5.58 Å². The molecular formula is C22H25N5O4. The Kier molecular flexibility index (Phi) is 4.21. The number of ether oxygens (including phenoxy) is 1. The van der Waals surface area contributed by atoms with E-state index in [1.54, 1.807) is 9.58 Å². The Labute approximate surface area is 179 Å². The van der Waals surface area contributed by atoms with Gasteiger partial charge in [-0.2, -0.15) is 5.10 Å². The van der Waals surface area contributed by atoms with Crippen LogP contribution in [0.4, 0.5) is 0 Å². The summed E-state index contributed by atoms with van der Waals surface area (Å²) < 4.78 is 14.0. The normalized spacial score (nSPS) is 30.3. The number of nitrogens with zero attached hydrogens (tertiary/aromatic N) is 5. The zero-order valence-corrected chi connectivity index (χ0v) is 17.3. The fourth-order valence-corrected chi connectivity index (χ4v) is 5.72. The lowest BCUT2D eigenvalue weighted by Crippen LogP contribution is -2.55. The number of carbonyl (C=O) groups is 1. The van der Waals surface area contributed by atoms with Crippen molar-refractivity contribution in [3.8, 4) is 0 Å². The van der Waals surface area contributed by atoms with Crippen molar-refractivity contribution in [3.05, 3.63) is 48.1 Å². The number of likely N-dealkylation sites (tertiary alicyclic amines) is 2. The second-order valence-electron chi connectivity index (χ2n) is 9.04. The Balaban J connectivity index is 1.26. The molecule has 1 amide bonds. The monoisotopic (exact) mass is 423 g/mol. The molecule has 9 heteroatoms. The molecule has 0 unspecified atom stereocenters. The summed E-state index contributed by atoms with van der Waals surface area (Å²) in [4.78, 5) is 21.8. The standard InChI is InChI=1S/C22H25N5O4/c1-25-7-14(6-23-25)8-26-9-16-15(11-28)19-10-27(13-22(16,12-26)31-19)21(29)20-24-17-4-2-3-5-18(17)30-20/h2-7,15-16,19,28H,8-13H2,1H3/t15-,16+,19+,22-/m0/s1. The van der Waals surface area contributed by atoms with Crippen molar-refractivity contribution in [1.29, 1.82) is 0 Å². The number of hydrogen-bond acceptors (Lipinski definition) is 7. The number of carbonyl (C=O) groups excluding carboxylic acids is 1. The fraction of sp³-hybridized carbons (Fsp3) is 0.500. The molecule has 3 aliphatic rings. The van der Waals surface area contributed by atoms with Crippen LogP contribution in [0.3, 0.4) is 0 Å². The van der Waals surface area contributed by atoms with Crippen LogP contribution in [-0.2, 0) is 18.3 Å². The first-order valence-corrected chi connectivity index (χ1v) is 10.7. The third-order valence-electron chi connectivity index (χ3n) is 7.00. The lowest BCUT2D eigenvalue weighted by Gasteiger charge is -2.40. The molecule has 0 aliphatic carbocycles.